The van der Waals surface area contributed by atoms with Gasteiger partial charge in [-0.15, -0.1) is 0 Å². The van der Waals surface area contributed by atoms with Crippen LogP contribution in [-0.4, -0.2) is 28.9 Å². The lowest BCUT2D eigenvalue weighted by Gasteiger charge is -2.21. The monoisotopic (exact) mass is 272 g/mol. The number of thiocarbonyl (C=S) groups is 1. The Hall–Kier alpha value is -1.56. The molecule has 0 heterocycles. The molecule has 0 saturated heterocycles. The summed E-state index contributed by atoms with van der Waals surface area (Å²) in [6.07, 6.45) is 0.701. The number of hydrogen-bond acceptors (Lipinski definition) is 2. The highest BCUT2D eigenvalue weighted by Crippen LogP contribution is 2.11. The second-order valence-corrected chi connectivity index (χ2v) is 4.38. The molecule has 0 spiro atoms. The Bertz CT molecular complexity index is 445. The molecule has 0 aliphatic carbocycles. The van der Waals surface area contributed by atoms with Crippen molar-refractivity contribution in [2.24, 2.45) is 5.73 Å². The van der Waals surface area contributed by atoms with Gasteiger partial charge in [0, 0.05) is 18.2 Å². The molecule has 0 atom stereocenters. The molecule has 1 amide bonds. The molecule has 6 heteroatoms. The van der Waals surface area contributed by atoms with Crippen LogP contribution < -0.4 is 5.73 Å². The van der Waals surface area contributed by atoms with Crippen LogP contribution in [0.1, 0.15) is 23.7 Å². The maximum absolute atomic E-state index is 13.0. The zero-order chi connectivity index (χ0) is 13.7. The molecule has 2 N–H and O–H groups in total. The number of amides is 1. The SMILES string of the molecule is CCCN(CC(N)=S)C(=O)c1cc(F)cc(F)c1. The molecule has 0 aliphatic heterocycles. The summed E-state index contributed by atoms with van der Waals surface area (Å²) >= 11 is 4.74. The van der Waals surface area contributed by atoms with Crippen molar-refractivity contribution in [3.63, 3.8) is 0 Å². The topological polar surface area (TPSA) is 46.3 Å². The molecule has 98 valence electrons. The molecule has 0 bridgehead atoms. The number of carbonyl (C=O) groups is 1. The Labute approximate surface area is 110 Å². The Morgan fingerprint density at radius 2 is 1.89 bits per heavy atom. The predicted octanol–water partition coefficient (Wildman–Crippen LogP) is 2.10. The summed E-state index contributed by atoms with van der Waals surface area (Å²) < 4.78 is 26.1. The summed E-state index contributed by atoms with van der Waals surface area (Å²) in [7, 11) is 0. The molecule has 0 aromatic heterocycles. The maximum Gasteiger partial charge on any atom is 0.254 e. The van der Waals surface area contributed by atoms with Crippen LogP contribution in [0.5, 0.6) is 0 Å². The number of carbonyl (C=O) groups excluding carboxylic acids is 1. The molecule has 0 radical (unpaired) electrons. The minimum absolute atomic E-state index is 0.0443. The average molecular weight is 272 g/mol. The van der Waals surface area contributed by atoms with Crippen molar-refractivity contribution in [1.29, 1.82) is 0 Å². The molecule has 0 unspecified atom stereocenters. The van der Waals surface area contributed by atoms with Crippen LogP contribution in [0.4, 0.5) is 8.78 Å². The van der Waals surface area contributed by atoms with Crippen molar-refractivity contribution in [2.75, 3.05) is 13.1 Å². The zero-order valence-corrected chi connectivity index (χ0v) is 10.8. The van der Waals surface area contributed by atoms with Crippen molar-refractivity contribution < 1.29 is 13.6 Å². The van der Waals surface area contributed by atoms with Gasteiger partial charge in [0.05, 0.1) is 11.5 Å². The molecule has 1 aromatic carbocycles. The molecular formula is C12H14F2N2OS. The van der Waals surface area contributed by atoms with E-state index < -0.39 is 17.5 Å². The van der Waals surface area contributed by atoms with Gasteiger partial charge < -0.3 is 10.6 Å². The van der Waals surface area contributed by atoms with E-state index in [4.69, 9.17) is 18.0 Å². The van der Waals surface area contributed by atoms with Crippen LogP contribution in [0.3, 0.4) is 0 Å². The van der Waals surface area contributed by atoms with Gasteiger partial charge in [-0.25, -0.2) is 8.78 Å². The van der Waals surface area contributed by atoms with Crippen molar-refractivity contribution in [3.8, 4) is 0 Å². The first-order valence-electron chi connectivity index (χ1n) is 5.47. The minimum atomic E-state index is -0.787. The normalized spacial score (nSPS) is 10.2. The van der Waals surface area contributed by atoms with Crippen molar-refractivity contribution >= 4 is 23.1 Å². The Morgan fingerprint density at radius 3 is 2.33 bits per heavy atom. The van der Waals surface area contributed by atoms with Crippen molar-refractivity contribution in [1.82, 2.24) is 4.90 Å². The summed E-state index contributed by atoms with van der Waals surface area (Å²) in [6, 6.07) is 2.70. The highest BCUT2D eigenvalue weighted by molar-refractivity contribution is 7.80. The van der Waals surface area contributed by atoms with Crippen molar-refractivity contribution in [2.45, 2.75) is 13.3 Å². The third-order valence-electron chi connectivity index (χ3n) is 2.24. The molecule has 0 saturated carbocycles. The van der Waals surface area contributed by atoms with Crippen LogP contribution in [0.15, 0.2) is 18.2 Å². The van der Waals surface area contributed by atoms with Gasteiger partial charge in [-0.05, 0) is 18.6 Å². The van der Waals surface area contributed by atoms with Crippen LogP contribution in [0.25, 0.3) is 0 Å². The summed E-state index contributed by atoms with van der Waals surface area (Å²) in [5, 5.41) is 0. The zero-order valence-electron chi connectivity index (χ0n) is 9.95. The number of halogens is 2. The van der Waals surface area contributed by atoms with E-state index in [1.165, 1.54) is 4.90 Å². The van der Waals surface area contributed by atoms with Crippen LogP contribution in [0.2, 0.25) is 0 Å². The van der Waals surface area contributed by atoms with E-state index in [0.29, 0.717) is 19.0 Å². The average Bonchev–Trinajstić information content (AvgIpc) is 2.25. The highest BCUT2D eigenvalue weighted by Gasteiger charge is 2.17. The smallest absolute Gasteiger partial charge is 0.254 e. The fourth-order valence-corrected chi connectivity index (χ4v) is 1.73. The van der Waals surface area contributed by atoms with Crippen LogP contribution in [0, 0.1) is 11.6 Å². The lowest BCUT2D eigenvalue weighted by Crippen LogP contribution is -2.38. The predicted molar refractivity (Wildman–Crippen MR) is 69.3 cm³/mol. The quantitative estimate of drug-likeness (QED) is 0.835. The Kier molecular flexibility index (Phi) is 5.15. The van der Waals surface area contributed by atoms with E-state index in [2.05, 4.69) is 0 Å². The number of rotatable bonds is 5. The van der Waals surface area contributed by atoms with Crippen LogP contribution >= 0.6 is 12.2 Å². The molecule has 18 heavy (non-hydrogen) atoms. The number of nitrogens with zero attached hydrogens (tertiary/aromatic N) is 1. The maximum atomic E-state index is 13.0. The minimum Gasteiger partial charge on any atom is -0.392 e. The second-order valence-electron chi connectivity index (χ2n) is 3.85. The van der Waals surface area contributed by atoms with E-state index in [0.717, 1.165) is 12.1 Å². The number of nitrogens with two attached hydrogens (primary N) is 1. The first-order chi connectivity index (χ1) is 8.43. The van der Waals surface area contributed by atoms with Gasteiger partial charge in [0.2, 0.25) is 0 Å². The van der Waals surface area contributed by atoms with Gasteiger partial charge in [0.25, 0.3) is 5.91 Å². The molecule has 0 fully saturated rings. The summed E-state index contributed by atoms with van der Waals surface area (Å²) in [5.41, 5.74) is 5.34. The fourth-order valence-electron chi connectivity index (χ4n) is 1.57. The Balaban J connectivity index is 2.97. The lowest BCUT2D eigenvalue weighted by atomic mass is 10.2. The van der Waals surface area contributed by atoms with Gasteiger partial charge >= 0.3 is 0 Å². The number of benzene rings is 1. The fraction of sp³-hybridized carbons (Fsp3) is 0.333. The van der Waals surface area contributed by atoms with Crippen LogP contribution in [-0.2, 0) is 0 Å². The lowest BCUT2D eigenvalue weighted by molar-refractivity contribution is 0.0779. The van der Waals surface area contributed by atoms with Gasteiger partial charge in [-0.1, -0.05) is 19.1 Å². The van der Waals surface area contributed by atoms with Crippen molar-refractivity contribution in [3.05, 3.63) is 35.4 Å². The Morgan fingerprint density at radius 1 is 1.33 bits per heavy atom. The van der Waals surface area contributed by atoms with E-state index in [1.54, 1.807) is 0 Å². The van der Waals surface area contributed by atoms with Gasteiger partial charge in [0.1, 0.15) is 11.6 Å². The summed E-state index contributed by atoms with van der Waals surface area (Å²) in [4.78, 5) is 13.6. The largest absolute Gasteiger partial charge is 0.392 e. The third kappa shape index (κ3) is 4.03. The summed E-state index contributed by atoms with van der Waals surface area (Å²) in [6.45, 7) is 2.40. The molecule has 1 rings (SSSR count). The second kappa shape index (κ2) is 6.39. The van der Waals surface area contributed by atoms with E-state index in [-0.39, 0.29) is 17.1 Å². The van der Waals surface area contributed by atoms with Gasteiger partial charge in [0.15, 0.2) is 0 Å². The van der Waals surface area contributed by atoms with Gasteiger partial charge in [-0.3, -0.25) is 4.79 Å². The molecule has 3 nitrogen and oxygen atoms in total. The first-order valence-corrected chi connectivity index (χ1v) is 5.88. The first kappa shape index (κ1) is 14.5. The van der Waals surface area contributed by atoms with E-state index >= 15 is 0 Å². The molecule has 1 aromatic rings. The molecule has 0 aliphatic rings. The third-order valence-corrected chi connectivity index (χ3v) is 2.37. The van der Waals surface area contributed by atoms with E-state index in [1.807, 2.05) is 6.92 Å². The molecular weight excluding hydrogens is 258 g/mol. The standard InChI is InChI=1S/C12H14F2N2OS/c1-2-3-16(7-11(15)18)12(17)8-4-9(13)6-10(14)5-8/h4-6H,2-3,7H2,1H3,(H2,15,18). The summed E-state index contributed by atoms with van der Waals surface area (Å²) in [5.74, 6) is -2.06. The highest BCUT2D eigenvalue weighted by atomic mass is 32.1. The van der Waals surface area contributed by atoms with Gasteiger partial charge in [-0.2, -0.15) is 0 Å². The van der Waals surface area contributed by atoms with E-state index in [9.17, 15) is 13.6 Å². The number of hydrogen-bond donors (Lipinski definition) is 1.